The van der Waals surface area contributed by atoms with E-state index in [1.165, 1.54) is 46.1 Å². The van der Waals surface area contributed by atoms with Crippen LogP contribution in [0.25, 0.3) is 5.69 Å². The van der Waals surface area contributed by atoms with Crippen LogP contribution in [0, 0.1) is 13.8 Å². The largest absolute Gasteiger partial charge is 0.416 e. The molecule has 4 aromatic rings. The lowest BCUT2D eigenvalue weighted by atomic mass is 10.1. The Morgan fingerprint density at radius 3 is 2.45 bits per heavy atom. The summed E-state index contributed by atoms with van der Waals surface area (Å²) in [5.74, 6) is -0.634. The highest BCUT2D eigenvalue weighted by atomic mass is 32.2. The number of aromatic nitrogens is 4. The summed E-state index contributed by atoms with van der Waals surface area (Å²) < 4.78 is 66.2. The maximum atomic E-state index is 13.7. The molecule has 0 aliphatic carbocycles. The van der Waals surface area contributed by atoms with Crippen molar-refractivity contribution in [3.63, 3.8) is 0 Å². The zero-order valence-corrected chi connectivity index (χ0v) is 23.6. The van der Waals surface area contributed by atoms with Gasteiger partial charge in [-0.15, -0.1) is 0 Å². The topological polar surface area (TPSA) is 130 Å². The van der Waals surface area contributed by atoms with Gasteiger partial charge in [-0.05, 0) is 49.7 Å². The van der Waals surface area contributed by atoms with Crippen molar-refractivity contribution in [2.24, 2.45) is 0 Å². The number of fused-ring (bicyclic) bond motifs is 1. The second kappa shape index (κ2) is 10.2. The Morgan fingerprint density at radius 1 is 1.07 bits per heavy atom. The van der Waals surface area contributed by atoms with Crippen LogP contribution in [-0.2, 0) is 22.6 Å². The monoisotopic (exact) mass is 599 g/mol. The molecule has 15 heteroatoms. The number of halogens is 3. The smallest absolute Gasteiger partial charge is 0.322 e. The average Bonchev–Trinajstić information content (AvgIpc) is 3.36. The summed E-state index contributed by atoms with van der Waals surface area (Å²) in [7, 11) is -2.25. The number of nitrogens with one attached hydrogen (secondary N) is 1. The van der Waals surface area contributed by atoms with E-state index in [9.17, 15) is 31.2 Å². The summed E-state index contributed by atoms with van der Waals surface area (Å²) in [5.41, 5.74) is 1.30. The highest BCUT2D eigenvalue weighted by Crippen LogP contribution is 2.34. The first kappa shape index (κ1) is 28.7. The molecule has 1 aliphatic heterocycles. The molecule has 42 heavy (non-hydrogen) atoms. The molecular formula is C27H24F3N7O4S. The van der Waals surface area contributed by atoms with Crippen molar-refractivity contribution >= 4 is 39.0 Å². The van der Waals surface area contributed by atoms with Gasteiger partial charge in [0, 0.05) is 48.2 Å². The fourth-order valence-corrected chi connectivity index (χ4v) is 4.96. The van der Waals surface area contributed by atoms with Crippen molar-refractivity contribution in [2.75, 3.05) is 28.4 Å². The molecule has 2 aromatic heterocycles. The highest BCUT2D eigenvalue weighted by molar-refractivity contribution is 7.90. The van der Waals surface area contributed by atoms with Gasteiger partial charge in [-0.2, -0.15) is 13.2 Å². The maximum Gasteiger partial charge on any atom is 0.416 e. The van der Waals surface area contributed by atoms with Crippen molar-refractivity contribution in [1.82, 2.24) is 19.5 Å². The van der Waals surface area contributed by atoms with Crippen LogP contribution >= 0.6 is 0 Å². The summed E-state index contributed by atoms with van der Waals surface area (Å²) in [4.78, 5) is 41.1. The highest BCUT2D eigenvalue weighted by Gasteiger charge is 2.34. The lowest BCUT2D eigenvalue weighted by molar-refractivity contribution is -0.137. The number of hydrogen-bond acceptors (Lipinski definition) is 7. The first-order valence-electron chi connectivity index (χ1n) is 12.4. The number of aryl methyl sites for hydroxylation is 2. The lowest BCUT2D eigenvalue weighted by Gasteiger charge is -2.34. The number of sulfone groups is 1. The van der Waals surface area contributed by atoms with Gasteiger partial charge < -0.3 is 9.88 Å². The molecule has 0 saturated heterocycles. The summed E-state index contributed by atoms with van der Waals surface area (Å²) in [6.45, 7) is 3.46. The van der Waals surface area contributed by atoms with Crippen LogP contribution < -0.4 is 15.1 Å². The van der Waals surface area contributed by atoms with Crippen molar-refractivity contribution in [3.8, 4) is 5.69 Å². The number of hydrogen-bond donors (Lipinski definition) is 1. The number of amides is 3. The Bertz CT molecular complexity index is 1850. The molecule has 5 rings (SSSR count). The van der Waals surface area contributed by atoms with Gasteiger partial charge in [-0.25, -0.2) is 28.2 Å². The molecule has 3 amide bonds. The average molecular weight is 600 g/mol. The van der Waals surface area contributed by atoms with E-state index in [2.05, 4.69) is 20.3 Å². The van der Waals surface area contributed by atoms with E-state index in [1.54, 1.807) is 32.2 Å². The van der Waals surface area contributed by atoms with Gasteiger partial charge in [-0.1, -0.05) is 6.07 Å². The zero-order valence-electron chi connectivity index (χ0n) is 22.8. The second-order valence-electron chi connectivity index (χ2n) is 9.85. The third kappa shape index (κ3) is 5.54. The van der Waals surface area contributed by atoms with Crippen molar-refractivity contribution in [3.05, 3.63) is 83.1 Å². The molecule has 0 bridgehead atoms. The minimum atomic E-state index is -4.69. The number of imidazole rings is 1. The van der Waals surface area contributed by atoms with E-state index in [-0.39, 0.29) is 29.3 Å². The molecule has 2 aromatic carbocycles. The van der Waals surface area contributed by atoms with Gasteiger partial charge >= 0.3 is 12.2 Å². The number of benzene rings is 2. The number of carbonyl (C=O) groups excluding carboxylic acids is 2. The molecule has 1 N–H and O–H groups in total. The standard InChI is InChI=1S/C27H24F3N7O4S/c1-15-5-6-20(10-22(15)37-13-18-11-31-25(42(4,40)41)34-23(18)35(3)26(37)39)33-24(38)17-7-19(27(28,29)30)9-21(8-17)36-12-16(2)32-14-36/h5-12,14H,13H2,1-4H3,(H,33,38). The molecular weight excluding hydrogens is 575 g/mol. The van der Waals surface area contributed by atoms with Crippen molar-refractivity contribution in [2.45, 2.75) is 31.7 Å². The van der Waals surface area contributed by atoms with Gasteiger partial charge in [0.15, 0.2) is 0 Å². The third-order valence-electron chi connectivity index (χ3n) is 6.59. The number of carbonyl (C=O) groups is 2. The summed E-state index contributed by atoms with van der Waals surface area (Å²) >= 11 is 0. The normalized spacial score (nSPS) is 13.7. The Hall–Kier alpha value is -4.79. The molecule has 1 aliphatic rings. The first-order chi connectivity index (χ1) is 19.6. The predicted molar refractivity (Wildman–Crippen MR) is 148 cm³/mol. The first-order valence-corrected chi connectivity index (χ1v) is 14.3. The number of anilines is 3. The Kier molecular flexibility index (Phi) is 7.00. The number of alkyl halides is 3. The fraction of sp³-hybridized carbons (Fsp3) is 0.222. The van der Waals surface area contributed by atoms with Crippen LogP contribution in [0.3, 0.4) is 0 Å². The Balaban J connectivity index is 1.46. The van der Waals surface area contributed by atoms with Crippen LogP contribution in [0.5, 0.6) is 0 Å². The fourth-order valence-electron chi connectivity index (χ4n) is 4.46. The summed E-state index contributed by atoms with van der Waals surface area (Å²) in [5, 5.41) is 2.22. The Labute approximate surface area is 238 Å². The van der Waals surface area contributed by atoms with Gasteiger partial charge in [0.1, 0.15) is 5.82 Å². The number of rotatable bonds is 5. The van der Waals surface area contributed by atoms with E-state index in [1.807, 2.05) is 0 Å². The minimum Gasteiger partial charge on any atom is -0.322 e. The van der Waals surface area contributed by atoms with E-state index in [4.69, 9.17) is 0 Å². The van der Waals surface area contributed by atoms with Gasteiger partial charge in [0.2, 0.25) is 15.0 Å². The van der Waals surface area contributed by atoms with Crippen LogP contribution in [0.2, 0.25) is 0 Å². The van der Waals surface area contributed by atoms with E-state index >= 15 is 0 Å². The van der Waals surface area contributed by atoms with Crippen LogP contribution in [0.4, 0.5) is 35.2 Å². The molecule has 0 spiro atoms. The summed E-state index contributed by atoms with van der Waals surface area (Å²) in [6.07, 6.45) is 0.508. The molecule has 0 radical (unpaired) electrons. The molecule has 0 fully saturated rings. The molecule has 3 heterocycles. The van der Waals surface area contributed by atoms with Crippen LogP contribution in [-0.4, -0.2) is 53.2 Å². The lowest BCUT2D eigenvalue weighted by Crippen LogP contribution is -2.46. The Morgan fingerprint density at radius 2 is 1.81 bits per heavy atom. The quantitative estimate of drug-likeness (QED) is 0.334. The number of urea groups is 1. The van der Waals surface area contributed by atoms with E-state index < -0.39 is 38.7 Å². The molecule has 0 unspecified atom stereocenters. The van der Waals surface area contributed by atoms with E-state index in [0.717, 1.165) is 18.4 Å². The van der Waals surface area contributed by atoms with Crippen LogP contribution in [0.1, 0.15) is 32.7 Å². The molecule has 11 nitrogen and oxygen atoms in total. The van der Waals surface area contributed by atoms with Gasteiger partial charge in [0.25, 0.3) is 5.91 Å². The molecule has 0 saturated carbocycles. The molecule has 218 valence electrons. The third-order valence-corrected chi connectivity index (χ3v) is 7.45. The molecule has 0 atom stereocenters. The second-order valence-corrected chi connectivity index (χ2v) is 11.8. The van der Waals surface area contributed by atoms with E-state index in [0.29, 0.717) is 22.5 Å². The summed E-state index contributed by atoms with van der Waals surface area (Å²) in [6, 6.07) is 7.27. The van der Waals surface area contributed by atoms with Crippen molar-refractivity contribution in [1.29, 1.82) is 0 Å². The van der Waals surface area contributed by atoms with Crippen LogP contribution in [0.15, 0.2) is 60.3 Å². The zero-order chi connectivity index (χ0) is 30.6. The predicted octanol–water partition coefficient (Wildman–Crippen LogP) is 4.53. The van der Waals surface area contributed by atoms with Gasteiger partial charge in [0.05, 0.1) is 29.8 Å². The van der Waals surface area contributed by atoms with Crippen molar-refractivity contribution < 1.29 is 31.2 Å². The van der Waals surface area contributed by atoms with Gasteiger partial charge in [-0.3, -0.25) is 14.6 Å². The maximum absolute atomic E-state index is 13.7. The SMILES string of the molecule is Cc1cn(-c2cc(C(=O)Nc3ccc(C)c(N4Cc5cnc(S(C)(=O)=O)nc5N(C)C4=O)c3)cc(C(F)(F)F)c2)cn1. The minimum absolute atomic E-state index is 0.0160. The number of nitrogens with zero attached hydrogens (tertiary/aromatic N) is 6.